The van der Waals surface area contributed by atoms with E-state index in [0.29, 0.717) is 30.6 Å². The van der Waals surface area contributed by atoms with E-state index >= 15 is 0 Å². The molecule has 1 atom stereocenters. The van der Waals surface area contributed by atoms with Gasteiger partial charge in [-0.2, -0.15) is 5.10 Å². The van der Waals surface area contributed by atoms with Crippen molar-refractivity contribution in [2.24, 2.45) is 5.92 Å². The standard InChI is InChI=1S/C29H32FN3O2/c1-21(2)18-32(20-28(34)23-10-6-4-7-11-23)19-27-22(3)31-33(25-12-8-5-9-13-25)29(27)35-26-16-14-24(30)15-17-26/h4-17,21,28,34H,18-20H2,1-3H3. The molecule has 0 aliphatic carbocycles. The van der Waals surface area contributed by atoms with Crippen LogP contribution in [0.5, 0.6) is 11.6 Å². The minimum absolute atomic E-state index is 0.316. The van der Waals surface area contributed by atoms with E-state index < -0.39 is 6.10 Å². The molecule has 0 spiro atoms. The molecule has 0 radical (unpaired) electrons. The maximum absolute atomic E-state index is 13.5. The lowest BCUT2D eigenvalue weighted by Crippen LogP contribution is -2.32. The SMILES string of the molecule is Cc1nn(-c2ccccc2)c(Oc2ccc(F)cc2)c1CN(CC(C)C)CC(O)c1ccccc1. The summed E-state index contributed by atoms with van der Waals surface area (Å²) in [5.74, 6) is 1.21. The molecule has 1 aromatic heterocycles. The highest BCUT2D eigenvalue weighted by molar-refractivity contribution is 5.43. The monoisotopic (exact) mass is 473 g/mol. The highest BCUT2D eigenvalue weighted by atomic mass is 19.1. The van der Waals surface area contributed by atoms with E-state index in [2.05, 4.69) is 18.7 Å². The molecule has 4 aromatic rings. The van der Waals surface area contributed by atoms with Gasteiger partial charge in [0.05, 0.1) is 23.0 Å². The molecule has 6 heteroatoms. The zero-order valence-electron chi connectivity index (χ0n) is 20.4. The third-order valence-electron chi connectivity index (χ3n) is 5.79. The van der Waals surface area contributed by atoms with Gasteiger partial charge in [-0.3, -0.25) is 4.90 Å². The van der Waals surface area contributed by atoms with Gasteiger partial charge in [0.2, 0.25) is 5.88 Å². The molecule has 1 N–H and O–H groups in total. The number of nitrogens with zero attached hydrogens (tertiary/aromatic N) is 3. The second kappa shape index (κ2) is 11.3. The highest BCUT2D eigenvalue weighted by Crippen LogP contribution is 2.32. The van der Waals surface area contributed by atoms with Gasteiger partial charge in [0, 0.05) is 19.6 Å². The molecule has 0 bridgehead atoms. The van der Waals surface area contributed by atoms with Crippen molar-refractivity contribution >= 4 is 0 Å². The van der Waals surface area contributed by atoms with E-state index in [1.807, 2.05) is 67.6 Å². The minimum atomic E-state index is -0.610. The summed E-state index contributed by atoms with van der Waals surface area (Å²) in [7, 11) is 0. The van der Waals surface area contributed by atoms with Gasteiger partial charge < -0.3 is 9.84 Å². The molecule has 3 aromatic carbocycles. The highest BCUT2D eigenvalue weighted by Gasteiger charge is 2.23. The first-order valence-electron chi connectivity index (χ1n) is 11.9. The summed E-state index contributed by atoms with van der Waals surface area (Å²) in [6, 6.07) is 25.5. The van der Waals surface area contributed by atoms with Crippen molar-refractivity contribution in [3.05, 3.63) is 108 Å². The molecule has 35 heavy (non-hydrogen) atoms. The Hall–Kier alpha value is -3.48. The number of para-hydroxylation sites is 1. The lowest BCUT2D eigenvalue weighted by molar-refractivity contribution is 0.101. The first kappa shape index (κ1) is 24.6. The number of halogens is 1. The minimum Gasteiger partial charge on any atom is -0.439 e. The van der Waals surface area contributed by atoms with Gasteiger partial charge in [-0.1, -0.05) is 62.4 Å². The third-order valence-corrected chi connectivity index (χ3v) is 5.79. The zero-order valence-corrected chi connectivity index (χ0v) is 20.4. The Balaban J connectivity index is 1.69. The Morgan fingerprint density at radius 3 is 2.17 bits per heavy atom. The van der Waals surface area contributed by atoms with Crippen LogP contribution < -0.4 is 4.74 Å². The van der Waals surface area contributed by atoms with Crippen molar-refractivity contribution < 1.29 is 14.2 Å². The molecule has 1 unspecified atom stereocenters. The number of benzene rings is 3. The van der Waals surface area contributed by atoms with Crippen molar-refractivity contribution in [3.8, 4) is 17.3 Å². The van der Waals surface area contributed by atoms with Gasteiger partial charge in [-0.15, -0.1) is 0 Å². The number of ether oxygens (including phenoxy) is 1. The quantitative estimate of drug-likeness (QED) is 0.294. The average Bonchev–Trinajstić information content (AvgIpc) is 3.16. The molecule has 0 aliphatic rings. The predicted molar refractivity (Wildman–Crippen MR) is 136 cm³/mol. The Morgan fingerprint density at radius 2 is 1.54 bits per heavy atom. The average molecular weight is 474 g/mol. The first-order valence-corrected chi connectivity index (χ1v) is 11.9. The Bertz CT molecular complexity index is 1210. The van der Waals surface area contributed by atoms with Crippen molar-refractivity contribution in [2.75, 3.05) is 13.1 Å². The summed E-state index contributed by atoms with van der Waals surface area (Å²) in [4.78, 5) is 2.24. The summed E-state index contributed by atoms with van der Waals surface area (Å²) in [5, 5.41) is 15.7. The number of aliphatic hydroxyl groups is 1. The molecule has 0 aliphatic heterocycles. The lowest BCUT2D eigenvalue weighted by Gasteiger charge is -2.27. The topological polar surface area (TPSA) is 50.5 Å². The number of hydrogen-bond acceptors (Lipinski definition) is 4. The van der Waals surface area contributed by atoms with Gasteiger partial charge in [-0.25, -0.2) is 9.07 Å². The van der Waals surface area contributed by atoms with Crippen LogP contribution in [0.3, 0.4) is 0 Å². The zero-order chi connectivity index (χ0) is 24.8. The van der Waals surface area contributed by atoms with Crippen LogP contribution in [0.4, 0.5) is 4.39 Å². The Morgan fingerprint density at radius 1 is 0.914 bits per heavy atom. The molecule has 5 nitrogen and oxygen atoms in total. The summed E-state index contributed by atoms with van der Waals surface area (Å²) in [5.41, 5.74) is 3.53. The predicted octanol–water partition coefficient (Wildman–Crippen LogP) is 6.30. The van der Waals surface area contributed by atoms with Crippen LogP contribution in [-0.4, -0.2) is 32.9 Å². The third kappa shape index (κ3) is 6.35. The summed E-state index contributed by atoms with van der Waals surface area (Å²) in [6.07, 6.45) is -0.610. The molecule has 0 fully saturated rings. The maximum atomic E-state index is 13.5. The molecule has 0 saturated carbocycles. The fourth-order valence-corrected chi connectivity index (χ4v) is 4.15. The second-order valence-corrected chi connectivity index (χ2v) is 9.19. The van der Waals surface area contributed by atoms with E-state index in [9.17, 15) is 9.50 Å². The van der Waals surface area contributed by atoms with Crippen LogP contribution in [0.25, 0.3) is 5.69 Å². The van der Waals surface area contributed by atoms with Crippen molar-refractivity contribution in [3.63, 3.8) is 0 Å². The Kier molecular flexibility index (Phi) is 7.95. The summed E-state index contributed by atoms with van der Waals surface area (Å²) >= 11 is 0. The van der Waals surface area contributed by atoms with E-state index in [0.717, 1.165) is 29.1 Å². The number of aromatic nitrogens is 2. The van der Waals surface area contributed by atoms with Crippen LogP contribution >= 0.6 is 0 Å². The van der Waals surface area contributed by atoms with Gasteiger partial charge in [0.25, 0.3) is 0 Å². The van der Waals surface area contributed by atoms with Crippen LogP contribution in [0.1, 0.15) is 36.8 Å². The van der Waals surface area contributed by atoms with Crippen molar-refractivity contribution in [2.45, 2.75) is 33.4 Å². The molecule has 1 heterocycles. The van der Waals surface area contributed by atoms with E-state index in [4.69, 9.17) is 9.84 Å². The van der Waals surface area contributed by atoms with Crippen LogP contribution in [-0.2, 0) is 6.54 Å². The van der Waals surface area contributed by atoms with Gasteiger partial charge in [0.1, 0.15) is 11.6 Å². The Labute approximate surface area is 206 Å². The van der Waals surface area contributed by atoms with E-state index in [-0.39, 0.29) is 5.82 Å². The largest absolute Gasteiger partial charge is 0.439 e. The van der Waals surface area contributed by atoms with E-state index in [1.165, 1.54) is 12.1 Å². The molecule has 0 amide bonds. The lowest BCUT2D eigenvalue weighted by atomic mass is 10.1. The summed E-state index contributed by atoms with van der Waals surface area (Å²) < 4.78 is 21.6. The fourth-order valence-electron chi connectivity index (χ4n) is 4.15. The van der Waals surface area contributed by atoms with Crippen LogP contribution in [0, 0.1) is 18.7 Å². The molecular formula is C29H32FN3O2. The van der Waals surface area contributed by atoms with Gasteiger partial charge >= 0.3 is 0 Å². The molecule has 4 rings (SSSR count). The molecule has 182 valence electrons. The fraction of sp³-hybridized carbons (Fsp3) is 0.276. The van der Waals surface area contributed by atoms with Crippen LogP contribution in [0.15, 0.2) is 84.9 Å². The first-order chi connectivity index (χ1) is 16.9. The molecule has 0 saturated heterocycles. The second-order valence-electron chi connectivity index (χ2n) is 9.19. The molecular weight excluding hydrogens is 441 g/mol. The van der Waals surface area contributed by atoms with Crippen molar-refractivity contribution in [1.29, 1.82) is 0 Å². The van der Waals surface area contributed by atoms with Gasteiger partial charge in [-0.05, 0) is 54.8 Å². The van der Waals surface area contributed by atoms with E-state index in [1.54, 1.807) is 16.8 Å². The number of rotatable bonds is 10. The van der Waals surface area contributed by atoms with Gasteiger partial charge in [0.15, 0.2) is 0 Å². The van der Waals surface area contributed by atoms with Crippen LogP contribution in [0.2, 0.25) is 0 Å². The smallest absolute Gasteiger partial charge is 0.227 e. The maximum Gasteiger partial charge on any atom is 0.227 e. The number of hydrogen-bond donors (Lipinski definition) is 1. The van der Waals surface area contributed by atoms with Crippen molar-refractivity contribution in [1.82, 2.24) is 14.7 Å². The summed E-state index contributed by atoms with van der Waals surface area (Å²) in [6.45, 7) is 8.13. The number of aliphatic hydroxyl groups excluding tert-OH is 1. The number of aryl methyl sites for hydroxylation is 1. The normalized spacial score (nSPS) is 12.3.